The average molecular weight is 437 g/mol. The van der Waals surface area contributed by atoms with E-state index in [0.717, 1.165) is 12.2 Å². The fourth-order valence-electron chi connectivity index (χ4n) is 1.73. The van der Waals surface area contributed by atoms with E-state index in [1.54, 1.807) is 0 Å². The normalized spacial score (nSPS) is 11.8. The molecule has 10 nitrogen and oxygen atoms in total. The minimum absolute atomic E-state index is 0. The fraction of sp³-hybridized carbons (Fsp3) is 0.571. The number of hydrogen-bond donors (Lipinski definition) is 2. The molecule has 0 unspecified atom stereocenters. The van der Waals surface area contributed by atoms with E-state index in [0.29, 0.717) is 0 Å². The Kier molecular flexibility index (Phi) is 13.4. The second-order valence-corrected chi connectivity index (χ2v) is 9.37. The van der Waals surface area contributed by atoms with E-state index in [-0.39, 0.29) is 23.1 Å². The number of carbonyl (C=O) groups is 2. The van der Waals surface area contributed by atoms with Crippen molar-refractivity contribution in [1.29, 1.82) is 0 Å². The van der Waals surface area contributed by atoms with E-state index in [1.165, 1.54) is 27.7 Å². The summed E-state index contributed by atoms with van der Waals surface area (Å²) >= 11 is 0. The average Bonchev–Trinajstić information content (AvgIpc) is 2.31. The molecule has 0 saturated heterocycles. The Labute approximate surface area is 176 Å². The maximum Gasteiger partial charge on any atom is 2.00 e. The molecule has 0 aliphatic carbocycles. The Balaban J connectivity index is -0.000000411. The third kappa shape index (κ3) is 21.2. The summed E-state index contributed by atoms with van der Waals surface area (Å²) in [5, 5.41) is 4.65. The van der Waals surface area contributed by atoms with E-state index >= 15 is 0 Å². The van der Waals surface area contributed by atoms with Crippen LogP contribution >= 0.6 is 0 Å². The van der Waals surface area contributed by atoms with Gasteiger partial charge in [-0.2, -0.15) is 0 Å². The smallest absolute Gasteiger partial charge is 0.748 e. The molecule has 0 aromatic heterocycles. The first-order valence-corrected chi connectivity index (χ1v) is 10.2. The first-order chi connectivity index (χ1) is 11.3. The van der Waals surface area contributed by atoms with Crippen LogP contribution in [0.2, 0.25) is 0 Å². The predicted molar refractivity (Wildman–Crippen MR) is 99.7 cm³/mol. The van der Waals surface area contributed by atoms with Gasteiger partial charge < -0.3 is 19.7 Å². The number of rotatable bonds is 8. The molecule has 2 N–H and O–H groups in total. The molecule has 0 rings (SSSR count). The molecular formula is C14H24MgN2O8S2. The molecule has 0 atom stereocenters. The Morgan fingerprint density at radius 3 is 1.19 bits per heavy atom. The van der Waals surface area contributed by atoms with Gasteiger partial charge in [0.25, 0.3) is 0 Å². The van der Waals surface area contributed by atoms with Crippen LogP contribution in [0.3, 0.4) is 0 Å². The number of nitrogens with one attached hydrogen (secondary N) is 2. The van der Waals surface area contributed by atoms with Crippen LogP contribution in [0.25, 0.3) is 0 Å². The minimum atomic E-state index is -4.33. The molecule has 0 aromatic rings. The van der Waals surface area contributed by atoms with E-state index in [1.807, 2.05) is 0 Å². The molecule has 0 radical (unpaired) electrons. The number of amides is 2. The second kappa shape index (κ2) is 11.8. The first-order valence-electron chi connectivity index (χ1n) is 7.09. The third-order valence-corrected chi connectivity index (χ3v) is 4.52. The summed E-state index contributed by atoms with van der Waals surface area (Å²) < 4.78 is 62.3. The van der Waals surface area contributed by atoms with Gasteiger partial charge in [-0.25, -0.2) is 16.8 Å². The van der Waals surface area contributed by atoms with Gasteiger partial charge in [-0.15, -0.1) is 0 Å². The van der Waals surface area contributed by atoms with Crippen LogP contribution in [0.4, 0.5) is 0 Å². The summed E-state index contributed by atoms with van der Waals surface area (Å²) in [4.78, 5) is 21.6. The van der Waals surface area contributed by atoms with Crippen molar-refractivity contribution in [3.05, 3.63) is 25.3 Å². The van der Waals surface area contributed by atoms with Crippen molar-refractivity contribution in [2.45, 2.75) is 38.8 Å². The van der Waals surface area contributed by atoms with Gasteiger partial charge in [0.1, 0.15) is 0 Å². The summed E-state index contributed by atoms with van der Waals surface area (Å²) in [6.07, 6.45) is 2.03. The summed E-state index contributed by atoms with van der Waals surface area (Å²) in [6, 6.07) is 0. The van der Waals surface area contributed by atoms with Crippen LogP contribution in [0.15, 0.2) is 25.3 Å². The molecule has 0 aliphatic rings. The van der Waals surface area contributed by atoms with Gasteiger partial charge in [0.05, 0.1) is 31.7 Å². The summed E-state index contributed by atoms with van der Waals surface area (Å²) in [7, 11) is -8.67. The maximum absolute atomic E-state index is 10.8. The van der Waals surface area contributed by atoms with E-state index in [9.17, 15) is 35.5 Å². The van der Waals surface area contributed by atoms with Crippen molar-refractivity contribution in [2.75, 3.05) is 11.5 Å². The molecule has 0 fully saturated rings. The fourth-order valence-corrected chi connectivity index (χ4v) is 3.64. The van der Waals surface area contributed by atoms with Crippen LogP contribution in [0.1, 0.15) is 27.7 Å². The van der Waals surface area contributed by atoms with Crippen LogP contribution in [0, 0.1) is 0 Å². The van der Waals surface area contributed by atoms with Gasteiger partial charge in [0, 0.05) is 11.1 Å². The monoisotopic (exact) mass is 436 g/mol. The molecule has 0 spiro atoms. The zero-order chi connectivity index (χ0) is 21.4. The molecule has 0 bridgehead atoms. The van der Waals surface area contributed by atoms with Gasteiger partial charge in [0.15, 0.2) is 0 Å². The van der Waals surface area contributed by atoms with Crippen molar-refractivity contribution in [3.8, 4) is 0 Å². The predicted octanol–water partition coefficient (Wildman–Crippen LogP) is -1.16. The molecule has 2 amide bonds. The van der Waals surface area contributed by atoms with Crippen molar-refractivity contribution in [2.24, 2.45) is 0 Å². The van der Waals surface area contributed by atoms with Crippen molar-refractivity contribution >= 4 is 55.1 Å². The Morgan fingerprint density at radius 2 is 1.04 bits per heavy atom. The zero-order valence-electron chi connectivity index (χ0n) is 15.8. The molecule has 0 heterocycles. The quantitative estimate of drug-likeness (QED) is 0.272. The topological polar surface area (TPSA) is 173 Å². The largest absolute Gasteiger partial charge is 2.00 e. The van der Waals surface area contributed by atoms with Crippen LogP contribution in [0.5, 0.6) is 0 Å². The molecule has 27 heavy (non-hydrogen) atoms. The Hall–Kier alpha value is -0.994. The van der Waals surface area contributed by atoms with E-state index < -0.39 is 54.6 Å². The van der Waals surface area contributed by atoms with Crippen molar-refractivity contribution < 1.29 is 35.5 Å². The second-order valence-electron chi connectivity index (χ2n) is 6.56. The molecule has 0 saturated carbocycles. The van der Waals surface area contributed by atoms with Gasteiger partial charge in [-0.3, -0.25) is 9.59 Å². The SMILES string of the molecule is C=CC(=O)NC(C)(C)CS(=O)(=O)[O-].C=CC(=O)NC(C)(C)CS(=O)(=O)[O-].[Mg+2]. The molecule has 152 valence electrons. The number of carbonyl (C=O) groups excluding carboxylic acids is 2. The zero-order valence-corrected chi connectivity index (χ0v) is 18.8. The standard InChI is InChI=1S/2C7H13NO4S.Mg/c2*1-4-6(9)8-7(2,3)5-13(10,11)12;/h2*4H,1,5H2,2-3H3,(H,8,9)(H,10,11,12);/q;;+2/p-2. The Bertz CT molecular complexity index is 679. The minimum Gasteiger partial charge on any atom is -0.748 e. The molecule has 13 heteroatoms. The van der Waals surface area contributed by atoms with Gasteiger partial charge in [-0.05, 0) is 39.8 Å². The van der Waals surface area contributed by atoms with Gasteiger partial charge in [-0.1, -0.05) is 13.2 Å². The van der Waals surface area contributed by atoms with E-state index in [4.69, 9.17) is 0 Å². The number of hydrogen-bond acceptors (Lipinski definition) is 8. The van der Waals surface area contributed by atoms with Crippen molar-refractivity contribution in [1.82, 2.24) is 10.6 Å². The van der Waals surface area contributed by atoms with Crippen LogP contribution in [-0.4, -0.2) is 83.4 Å². The Morgan fingerprint density at radius 1 is 0.815 bits per heavy atom. The van der Waals surface area contributed by atoms with Crippen LogP contribution < -0.4 is 10.6 Å². The van der Waals surface area contributed by atoms with Gasteiger partial charge in [0.2, 0.25) is 11.8 Å². The summed E-state index contributed by atoms with van der Waals surface area (Å²) in [5.74, 6) is -2.29. The van der Waals surface area contributed by atoms with Crippen LogP contribution in [-0.2, 0) is 29.8 Å². The van der Waals surface area contributed by atoms with E-state index in [2.05, 4.69) is 23.8 Å². The third-order valence-electron chi connectivity index (χ3n) is 2.37. The first kappa shape index (κ1) is 30.7. The van der Waals surface area contributed by atoms with Gasteiger partial charge >= 0.3 is 23.1 Å². The molecule has 0 aromatic carbocycles. The summed E-state index contributed by atoms with van der Waals surface area (Å²) in [6.45, 7) is 12.2. The molecule has 0 aliphatic heterocycles. The summed E-state index contributed by atoms with van der Waals surface area (Å²) in [5.41, 5.74) is -2.13. The maximum atomic E-state index is 10.8. The van der Waals surface area contributed by atoms with Crippen molar-refractivity contribution in [3.63, 3.8) is 0 Å². The molecular weight excluding hydrogens is 413 g/mol.